The van der Waals surface area contributed by atoms with Crippen molar-refractivity contribution in [3.05, 3.63) is 59.2 Å². The number of rotatable bonds is 7. The van der Waals surface area contributed by atoms with Gasteiger partial charge in [0.1, 0.15) is 5.75 Å². The Labute approximate surface area is 168 Å². The predicted molar refractivity (Wildman–Crippen MR) is 114 cm³/mol. The number of hydrogen-bond donors (Lipinski definition) is 2. The van der Waals surface area contributed by atoms with Gasteiger partial charge >= 0.3 is 0 Å². The summed E-state index contributed by atoms with van der Waals surface area (Å²) in [6, 6.07) is 13.3. The van der Waals surface area contributed by atoms with Crippen LogP contribution in [-0.2, 0) is 22.9 Å². The lowest BCUT2D eigenvalue weighted by molar-refractivity contribution is 0.242. The van der Waals surface area contributed by atoms with Crippen molar-refractivity contribution in [1.29, 1.82) is 0 Å². The zero-order valence-corrected chi connectivity index (χ0v) is 17.9. The van der Waals surface area contributed by atoms with E-state index in [1.54, 1.807) is 20.0 Å². The molecule has 0 bridgehead atoms. The molecule has 2 aromatic rings. The van der Waals surface area contributed by atoms with Crippen molar-refractivity contribution in [2.24, 2.45) is 4.99 Å². The Hall–Kier alpha value is -2.54. The zero-order valence-electron chi connectivity index (χ0n) is 17.1. The molecule has 0 saturated carbocycles. The minimum absolute atomic E-state index is 0.134. The van der Waals surface area contributed by atoms with Gasteiger partial charge in [-0.15, -0.1) is 0 Å². The molecular weight excluding hydrogens is 374 g/mol. The van der Waals surface area contributed by atoms with Crippen molar-refractivity contribution in [3.8, 4) is 5.75 Å². The molecule has 6 nitrogen and oxygen atoms in total. The summed E-state index contributed by atoms with van der Waals surface area (Å²) in [6.07, 6.45) is 1.36. The van der Waals surface area contributed by atoms with Crippen LogP contribution in [-0.4, -0.2) is 33.8 Å². The molecule has 0 spiro atoms. The molecule has 2 rings (SSSR count). The van der Waals surface area contributed by atoms with E-state index >= 15 is 0 Å². The Bertz CT molecular complexity index is 938. The average molecular weight is 404 g/mol. The average Bonchev–Trinajstić information content (AvgIpc) is 2.60. The molecule has 0 aliphatic carbocycles. The molecule has 0 fully saturated rings. The maximum atomic E-state index is 11.7. The van der Waals surface area contributed by atoms with Crippen molar-refractivity contribution in [3.63, 3.8) is 0 Å². The number of ether oxygens (including phenoxy) is 1. The minimum atomic E-state index is -3.20. The van der Waals surface area contributed by atoms with E-state index in [0.29, 0.717) is 23.9 Å². The molecule has 28 heavy (non-hydrogen) atoms. The molecule has 152 valence electrons. The van der Waals surface area contributed by atoms with Crippen LogP contribution in [0.25, 0.3) is 0 Å². The van der Waals surface area contributed by atoms with Gasteiger partial charge < -0.3 is 15.4 Å². The van der Waals surface area contributed by atoms with Crippen LogP contribution in [0.1, 0.15) is 30.5 Å². The molecule has 2 N–H and O–H groups in total. The molecule has 0 amide bonds. The number of nitrogens with zero attached hydrogens (tertiary/aromatic N) is 1. The van der Waals surface area contributed by atoms with Crippen LogP contribution in [0.15, 0.2) is 52.4 Å². The fourth-order valence-electron chi connectivity index (χ4n) is 2.83. The van der Waals surface area contributed by atoms with E-state index in [1.807, 2.05) is 50.2 Å². The highest BCUT2D eigenvalue weighted by molar-refractivity contribution is 7.90. The van der Waals surface area contributed by atoms with Crippen LogP contribution >= 0.6 is 0 Å². The summed E-state index contributed by atoms with van der Waals surface area (Å²) in [5.41, 5.74) is 2.82. The third-order valence-electron chi connectivity index (χ3n) is 4.05. The Morgan fingerprint density at radius 2 is 1.71 bits per heavy atom. The summed E-state index contributed by atoms with van der Waals surface area (Å²) >= 11 is 0. The zero-order chi connectivity index (χ0) is 20.7. The van der Waals surface area contributed by atoms with Crippen molar-refractivity contribution < 1.29 is 13.2 Å². The van der Waals surface area contributed by atoms with E-state index < -0.39 is 9.84 Å². The molecule has 0 radical (unpaired) electrons. The van der Waals surface area contributed by atoms with Gasteiger partial charge in [-0.1, -0.05) is 24.3 Å². The maximum absolute atomic E-state index is 11.7. The van der Waals surface area contributed by atoms with E-state index in [1.165, 1.54) is 6.26 Å². The van der Waals surface area contributed by atoms with Crippen LogP contribution in [0, 0.1) is 6.92 Å². The normalized spacial score (nSPS) is 12.1. The molecule has 0 aliphatic rings. The van der Waals surface area contributed by atoms with Crippen LogP contribution < -0.4 is 15.4 Å². The quantitative estimate of drug-likeness (QED) is 0.549. The van der Waals surface area contributed by atoms with Crippen LogP contribution in [0.4, 0.5) is 0 Å². The first kappa shape index (κ1) is 21.8. The lowest BCUT2D eigenvalue weighted by atomic mass is 10.1. The Morgan fingerprint density at radius 3 is 2.25 bits per heavy atom. The van der Waals surface area contributed by atoms with Crippen LogP contribution in [0.3, 0.4) is 0 Å². The maximum Gasteiger partial charge on any atom is 0.191 e. The summed E-state index contributed by atoms with van der Waals surface area (Å²) in [5.74, 6) is 1.51. The van der Waals surface area contributed by atoms with E-state index in [9.17, 15) is 8.42 Å². The van der Waals surface area contributed by atoms with Gasteiger partial charge in [-0.2, -0.15) is 0 Å². The number of benzene rings is 2. The first-order valence-electron chi connectivity index (χ1n) is 9.18. The summed E-state index contributed by atoms with van der Waals surface area (Å²) in [6.45, 7) is 6.96. The molecule has 0 aromatic heterocycles. The van der Waals surface area contributed by atoms with E-state index in [0.717, 1.165) is 22.4 Å². The van der Waals surface area contributed by atoms with Crippen molar-refractivity contribution >= 4 is 15.8 Å². The van der Waals surface area contributed by atoms with Gasteiger partial charge in [0.2, 0.25) is 0 Å². The second kappa shape index (κ2) is 9.59. The highest BCUT2D eigenvalue weighted by atomic mass is 32.2. The van der Waals surface area contributed by atoms with Gasteiger partial charge in [-0.3, -0.25) is 4.99 Å². The van der Waals surface area contributed by atoms with Crippen LogP contribution in [0.5, 0.6) is 5.75 Å². The molecule has 7 heteroatoms. The van der Waals surface area contributed by atoms with E-state index in [2.05, 4.69) is 15.6 Å². The first-order valence-corrected chi connectivity index (χ1v) is 11.1. The summed E-state index contributed by atoms with van der Waals surface area (Å²) in [4.78, 5) is 4.60. The van der Waals surface area contributed by atoms with E-state index in [4.69, 9.17) is 4.74 Å². The molecule has 2 aromatic carbocycles. The van der Waals surface area contributed by atoms with Gasteiger partial charge in [-0.25, -0.2) is 8.42 Å². The number of sulfone groups is 1. The van der Waals surface area contributed by atoms with Crippen LogP contribution in [0.2, 0.25) is 0 Å². The predicted octanol–water partition coefficient (Wildman–Crippen LogP) is 3.05. The summed E-state index contributed by atoms with van der Waals surface area (Å²) in [5, 5.41) is 6.52. The standard InChI is InChI=1S/C21H29N3O3S/c1-15(2)27-19-8-6-7-17(12-19)13-23-21(22-4)24-14-18-9-10-20(16(3)11-18)28(5,25)26/h6-12,15H,13-14H2,1-5H3,(H2,22,23,24). The third-order valence-corrected chi connectivity index (χ3v) is 5.31. The molecule has 0 unspecified atom stereocenters. The molecule has 0 aliphatic heterocycles. The second-order valence-corrected chi connectivity index (χ2v) is 8.95. The van der Waals surface area contributed by atoms with Crippen molar-refractivity contribution in [2.75, 3.05) is 13.3 Å². The lowest BCUT2D eigenvalue weighted by Gasteiger charge is -2.14. The summed E-state index contributed by atoms with van der Waals surface area (Å²) < 4.78 is 29.2. The number of nitrogens with one attached hydrogen (secondary N) is 2. The van der Waals surface area contributed by atoms with Gasteiger partial charge in [0.05, 0.1) is 11.0 Å². The minimum Gasteiger partial charge on any atom is -0.491 e. The highest BCUT2D eigenvalue weighted by Gasteiger charge is 2.11. The number of aryl methyl sites for hydroxylation is 1. The Kier molecular flexibility index (Phi) is 7.45. The number of hydrogen-bond acceptors (Lipinski definition) is 4. The second-order valence-electron chi connectivity index (χ2n) is 6.97. The third kappa shape index (κ3) is 6.56. The van der Waals surface area contributed by atoms with Crippen molar-refractivity contribution in [1.82, 2.24) is 10.6 Å². The van der Waals surface area contributed by atoms with Crippen molar-refractivity contribution in [2.45, 2.75) is 44.9 Å². The topological polar surface area (TPSA) is 79.8 Å². The number of guanidine groups is 1. The molecule has 0 atom stereocenters. The molecular formula is C21H29N3O3S. The van der Waals surface area contributed by atoms with Gasteiger partial charge in [0, 0.05) is 26.4 Å². The fourth-order valence-corrected chi connectivity index (χ4v) is 3.79. The Morgan fingerprint density at radius 1 is 1.07 bits per heavy atom. The van der Waals surface area contributed by atoms with E-state index in [-0.39, 0.29) is 6.10 Å². The monoisotopic (exact) mass is 403 g/mol. The smallest absolute Gasteiger partial charge is 0.191 e. The number of aliphatic imine (C=N–C) groups is 1. The largest absolute Gasteiger partial charge is 0.491 e. The van der Waals surface area contributed by atoms with Gasteiger partial charge in [-0.05, 0) is 55.7 Å². The Balaban J connectivity index is 1.94. The fraction of sp³-hybridized carbons (Fsp3) is 0.381. The molecule has 0 heterocycles. The summed E-state index contributed by atoms with van der Waals surface area (Å²) in [7, 11) is -1.49. The lowest BCUT2D eigenvalue weighted by Crippen LogP contribution is -2.36. The molecule has 0 saturated heterocycles. The first-order chi connectivity index (χ1) is 13.2. The SMILES string of the molecule is CN=C(NCc1cccc(OC(C)C)c1)NCc1ccc(S(C)(=O)=O)c(C)c1. The highest BCUT2D eigenvalue weighted by Crippen LogP contribution is 2.17. The van der Waals surface area contributed by atoms with Gasteiger partial charge in [0.15, 0.2) is 15.8 Å². The van der Waals surface area contributed by atoms with Gasteiger partial charge in [0.25, 0.3) is 0 Å².